The zero-order valence-electron chi connectivity index (χ0n) is 25.7. The summed E-state index contributed by atoms with van der Waals surface area (Å²) in [7, 11) is 1.22. The molecule has 4 aliphatic rings. The fourth-order valence-corrected chi connectivity index (χ4v) is 8.98. The first kappa shape index (κ1) is 32.0. The molecule has 3 saturated carbocycles. The third kappa shape index (κ3) is 5.51. The number of benzene rings is 1. The number of allylic oxidation sites excluding steroid dienone is 1. The van der Waals surface area contributed by atoms with E-state index in [-0.39, 0.29) is 54.6 Å². The molecule has 44 heavy (non-hydrogen) atoms. The lowest BCUT2D eigenvalue weighted by atomic mass is 9.45. The van der Waals surface area contributed by atoms with Crippen molar-refractivity contribution in [3.63, 3.8) is 0 Å². The lowest BCUT2D eigenvalue weighted by molar-refractivity contribution is -0.184. The number of hydrogen-bond donors (Lipinski definition) is 3. The number of rotatable bonds is 9. The highest BCUT2D eigenvalue weighted by Crippen LogP contribution is 2.67. The molecule has 4 aliphatic carbocycles. The Morgan fingerprint density at radius 2 is 1.77 bits per heavy atom. The van der Waals surface area contributed by atoms with Gasteiger partial charge in [-0.3, -0.25) is 19.2 Å². The van der Waals surface area contributed by atoms with Crippen molar-refractivity contribution in [2.75, 3.05) is 13.7 Å². The zero-order chi connectivity index (χ0) is 31.9. The standard InChI is InChI=1S/C34H43NO9/c1-32-15-13-22(36)17-21(32)9-10-23-24-14-16-34(42,33(24,2)18-25(37)29(23)32)26(38)19-44-28(40)12-11-27(39)35-30(31(41)43-3)20-7-5-4-6-8-20/h4-8,17,23-25,29-30,37,42H,9-16,18-19H2,1-3H3,(H,35,39)/t23-,24-,25-,29+,30?,32-,33-,34-/m0/s1. The molecule has 8 atom stereocenters. The number of ether oxygens (including phenoxy) is 2. The summed E-state index contributed by atoms with van der Waals surface area (Å²) >= 11 is 0. The summed E-state index contributed by atoms with van der Waals surface area (Å²) in [5.41, 5.74) is -1.28. The van der Waals surface area contributed by atoms with Crippen LogP contribution in [-0.2, 0) is 33.4 Å². The molecule has 3 fully saturated rings. The van der Waals surface area contributed by atoms with Crippen LogP contribution in [0.5, 0.6) is 0 Å². The van der Waals surface area contributed by atoms with E-state index in [4.69, 9.17) is 9.47 Å². The fourth-order valence-electron chi connectivity index (χ4n) is 8.98. The van der Waals surface area contributed by atoms with Crippen molar-refractivity contribution < 1.29 is 43.7 Å². The summed E-state index contributed by atoms with van der Waals surface area (Å²) in [5.74, 6) is -2.39. The van der Waals surface area contributed by atoms with Gasteiger partial charge in [-0.2, -0.15) is 0 Å². The number of amides is 1. The van der Waals surface area contributed by atoms with Crippen molar-refractivity contribution in [3.05, 3.63) is 47.5 Å². The molecule has 1 amide bonds. The van der Waals surface area contributed by atoms with Crippen molar-refractivity contribution in [3.8, 4) is 0 Å². The Hall–Kier alpha value is -3.37. The predicted molar refractivity (Wildman–Crippen MR) is 158 cm³/mol. The average Bonchev–Trinajstić information content (AvgIpc) is 3.28. The van der Waals surface area contributed by atoms with Gasteiger partial charge in [0.25, 0.3) is 0 Å². The molecule has 1 aromatic rings. The number of nitrogens with one attached hydrogen (secondary N) is 1. The molecule has 5 rings (SSSR count). The van der Waals surface area contributed by atoms with E-state index in [9.17, 15) is 34.2 Å². The van der Waals surface area contributed by atoms with E-state index < -0.39 is 53.4 Å². The van der Waals surface area contributed by atoms with Gasteiger partial charge in [0.1, 0.15) is 5.60 Å². The van der Waals surface area contributed by atoms with E-state index in [1.165, 1.54) is 7.11 Å². The molecule has 0 saturated heterocycles. The van der Waals surface area contributed by atoms with Gasteiger partial charge in [0.15, 0.2) is 18.4 Å². The Morgan fingerprint density at radius 3 is 2.48 bits per heavy atom. The van der Waals surface area contributed by atoms with E-state index >= 15 is 0 Å². The van der Waals surface area contributed by atoms with Crippen molar-refractivity contribution in [1.29, 1.82) is 0 Å². The van der Waals surface area contributed by atoms with Crippen LogP contribution in [0.25, 0.3) is 0 Å². The number of fused-ring (bicyclic) bond motifs is 5. The van der Waals surface area contributed by atoms with Gasteiger partial charge in [-0.15, -0.1) is 0 Å². The molecule has 0 aromatic heterocycles. The van der Waals surface area contributed by atoms with Crippen LogP contribution in [-0.4, -0.2) is 65.0 Å². The topological polar surface area (TPSA) is 156 Å². The van der Waals surface area contributed by atoms with E-state index in [0.717, 1.165) is 18.4 Å². The molecule has 3 N–H and O–H groups in total. The molecule has 1 aromatic carbocycles. The van der Waals surface area contributed by atoms with Gasteiger partial charge in [-0.1, -0.05) is 49.8 Å². The average molecular weight is 610 g/mol. The summed E-state index contributed by atoms with van der Waals surface area (Å²) < 4.78 is 10.0. The molecular weight excluding hydrogens is 566 g/mol. The van der Waals surface area contributed by atoms with Crippen LogP contribution >= 0.6 is 0 Å². The smallest absolute Gasteiger partial charge is 0.333 e. The van der Waals surface area contributed by atoms with E-state index in [0.29, 0.717) is 24.8 Å². The number of carbonyl (C=O) groups excluding carboxylic acids is 5. The monoisotopic (exact) mass is 609 g/mol. The van der Waals surface area contributed by atoms with Crippen molar-refractivity contribution >= 4 is 29.4 Å². The number of hydrogen-bond acceptors (Lipinski definition) is 9. The Balaban J connectivity index is 1.18. The van der Waals surface area contributed by atoms with Crippen LogP contribution in [0, 0.1) is 28.6 Å². The first-order valence-electron chi connectivity index (χ1n) is 15.6. The SMILES string of the molecule is COC(=O)C(NC(=O)CCC(=O)OCC(=O)[C@@]1(O)CC[C@H]2[C@@H]3CCC4=CC(=O)CC[C@]4(C)[C@H]3[C@@H](O)C[C@@]21C)c1ccccc1. The number of ketones is 2. The van der Waals surface area contributed by atoms with Crippen molar-refractivity contribution in [2.24, 2.45) is 28.6 Å². The van der Waals surface area contributed by atoms with E-state index in [1.807, 2.05) is 6.92 Å². The van der Waals surface area contributed by atoms with E-state index in [1.54, 1.807) is 36.4 Å². The minimum absolute atomic E-state index is 0.00706. The van der Waals surface area contributed by atoms with Gasteiger partial charge >= 0.3 is 11.9 Å². The number of methoxy groups -OCH3 is 1. The van der Waals surface area contributed by atoms with Crippen LogP contribution in [0.4, 0.5) is 0 Å². The number of Topliss-reactive ketones (excluding diaryl/α,β-unsaturated/α-hetero) is 1. The molecule has 10 heteroatoms. The molecule has 0 heterocycles. The highest BCUT2D eigenvalue weighted by molar-refractivity contribution is 5.92. The van der Waals surface area contributed by atoms with Crippen LogP contribution in [0.1, 0.15) is 83.2 Å². The number of esters is 2. The van der Waals surface area contributed by atoms with Crippen molar-refractivity contribution in [2.45, 2.75) is 89.4 Å². The van der Waals surface area contributed by atoms with Gasteiger partial charge in [-0.25, -0.2) is 4.79 Å². The molecule has 0 spiro atoms. The Labute approximate surface area is 257 Å². The first-order chi connectivity index (χ1) is 20.8. The Bertz CT molecular complexity index is 1360. The van der Waals surface area contributed by atoms with Gasteiger partial charge in [0, 0.05) is 18.3 Å². The molecule has 10 nitrogen and oxygen atoms in total. The van der Waals surface area contributed by atoms with Crippen LogP contribution in [0.3, 0.4) is 0 Å². The Morgan fingerprint density at radius 1 is 1.05 bits per heavy atom. The van der Waals surface area contributed by atoms with Crippen LogP contribution < -0.4 is 5.32 Å². The van der Waals surface area contributed by atoms with E-state index in [2.05, 4.69) is 12.2 Å². The molecule has 238 valence electrons. The second-order valence-corrected chi connectivity index (χ2v) is 13.5. The lowest BCUT2D eigenvalue weighted by Crippen LogP contribution is -2.62. The third-order valence-corrected chi connectivity index (χ3v) is 11.3. The number of aliphatic hydroxyl groups is 2. The van der Waals surface area contributed by atoms with Gasteiger partial charge in [0.2, 0.25) is 11.7 Å². The summed E-state index contributed by atoms with van der Waals surface area (Å²) in [4.78, 5) is 62.9. The minimum Gasteiger partial charge on any atom is -0.467 e. The first-order valence-corrected chi connectivity index (χ1v) is 15.6. The zero-order valence-corrected chi connectivity index (χ0v) is 25.7. The summed E-state index contributed by atoms with van der Waals surface area (Å²) in [6.07, 6.45) is 4.25. The van der Waals surface area contributed by atoms with Crippen molar-refractivity contribution in [1.82, 2.24) is 5.32 Å². The molecule has 0 bridgehead atoms. The molecular formula is C34H43NO9. The second-order valence-electron chi connectivity index (χ2n) is 13.5. The maximum Gasteiger partial charge on any atom is 0.333 e. The normalized spacial score (nSPS) is 34.8. The number of aliphatic hydroxyl groups excluding tert-OH is 1. The fraction of sp³-hybridized carbons (Fsp3) is 0.618. The third-order valence-electron chi connectivity index (χ3n) is 11.3. The van der Waals surface area contributed by atoms with Gasteiger partial charge in [-0.05, 0) is 73.3 Å². The summed E-state index contributed by atoms with van der Waals surface area (Å²) in [6.45, 7) is 3.39. The number of carbonyl (C=O) groups is 5. The summed E-state index contributed by atoms with van der Waals surface area (Å²) in [5, 5.41) is 26.0. The van der Waals surface area contributed by atoms with Crippen LogP contribution in [0.15, 0.2) is 42.0 Å². The molecule has 1 unspecified atom stereocenters. The van der Waals surface area contributed by atoms with Crippen LogP contribution in [0.2, 0.25) is 0 Å². The Kier molecular flexibility index (Phi) is 8.88. The largest absolute Gasteiger partial charge is 0.467 e. The maximum absolute atomic E-state index is 13.5. The minimum atomic E-state index is -1.76. The summed E-state index contributed by atoms with van der Waals surface area (Å²) in [6, 6.07) is 7.54. The lowest BCUT2D eigenvalue weighted by Gasteiger charge is -2.60. The van der Waals surface area contributed by atoms with Gasteiger partial charge < -0.3 is 25.0 Å². The molecule has 0 aliphatic heterocycles. The maximum atomic E-state index is 13.5. The predicted octanol–water partition coefficient (Wildman–Crippen LogP) is 3.14. The molecule has 0 radical (unpaired) electrons. The van der Waals surface area contributed by atoms with Gasteiger partial charge in [0.05, 0.1) is 19.6 Å². The highest BCUT2D eigenvalue weighted by atomic mass is 16.5. The highest BCUT2D eigenvalue weighted by Gasteiger charge is 2.68. The quantitative estimate of drug-likeness (QED) is 0.358. The second kappa shape index (κ2) is 12.2.